The molecule has 210 valence electrons. The largest absolute Gasteiger partial charge is 0.396 e. The molecule has 0 bridgehead atoms. The summed E-state index contributed by atoms with van der Waals surface area (Å²) < 4.78 is 4.13. The minimum atomic E-state index is 0.520. The molecule has 0 amide bonds. The quantitative estimate of drug-likeness (QED) is 0.219. The molecule has 0 saturated heterocycles. The fourth-order valence-corrected chi connectivity index (χ4v) is 5.98. The lowest BCUT2D eigenvalue weighted by Crippen LogP contribution is -2.07. The van der Waals surface area contributed by atoms with Crippen LogP contribution >= 0.6 is 0 Å². The zero-order valence-corrected chi connectivity index (χ0v) is 23.7. The predicted molar refractivity (Wildman–Crippen MR) is 179 cm³/mol. The van der Waals surface area contributed by atoms with Crippen molar-refractivity contribution >= 4 is 33.3 Å². The van der Waals surface area contributed by atoms with Gasteiger partial charge in [-0.1, -0.05) is 78.9 Å². The van der Waals surface area contributed by atoms with Gasteiger partial charge in [0.1, 0.15) is 17.2 Å². The summed E-state index contributed by atoms with van der Waals surface area (Å²) in [6.45, 7) is 0. The van der Waals surface area contributed by atoms with E-state index in [2.05, 4.69) is 52.0 Å². The summed E-state index contributed by atoms with van der Waals surface area (Å²) in [6.07, 6.45) is 5.53. The number of rotatable bonds is 5. The molecule has 3 aromatic carbocycles. The summed E-state index contributed by atoms with van der Waals surface area (Å²) in [6, 6.07) is 40.6. The molecule has 4 N–H and O–H groups in total. The molecule has 0 spiro atoms. The van der Waals surface area contributed by atoms with Gasteiger partial charge in [-0.05, 0) is 53.6 Å². The third kappa shape index (κ3) is 4.02. The second kappa shape index (κ2) is 10.3. The molecule has 5 aromatic heterocycles. The molecule has 8 aromatic rings. The average molecular weight is 570 g/mol. The number of fused-ring (bicyclic) bond motifs is 2. The minimum Gasteiger partial charge on any atom is -0.396 e. The Morgan fingerprint density at radius 3 is 1.55 bits per heavy atom. The predicted octanol–water partition coefficient (Wildman–Crippen LogP) is 7.92. The van der Waals surface area contributed by atoms with Crippen molar-refractivity contribution in [3.8, 4) is 45.3 Å². The van der Waals surface area contributed by atoms with E-state index in [1.807, 2.05) is 95.8 Å². The van der Waals surface area contributed by atoms with Gasteiger partial charge in [0.05, 0.1) is 33.8 Å². The van der Waals surface area contributed by atoms with Crippen LogP contribution in [0.15, 0.2) is 140 Å². The van der Waals surface area contributed by atoms with Gasteiger partial charge in [-0.15, -0.1) is 0 Å². The van der Waals surface area contributed by atoms with Gasteiger partial charge in [0, 0.05) is 35.1 Å². The zero-order valence-electron chi connectivity index (χ0n) is 23.7. The molecule has 0 unspecified atom stereocenters. The maximum Gasteiger partial charge on any atom is 0.137 e. The Kier molecular flexibility index (Phi) is 5.94. The smallest absolute Gasteiger partial charge is 0.137 e. The van der Waals surface area contributed by atoms with E-state index in [1.54, 1.807) is 6.20 Å². The third-order valence-electron chi connectivity index (χ3n) is 8.07. The highest BCUT2D eigenvalue weighted by molar-refractivity contribution is 6.08. The van der Waals surface area contributed by atoms with Crippen LogP contribution in [0.25, 0.3) is 67.2 Å². The van der Waals surface area contributed by atoms with Crippen LogP contribution in [0.4, 0.5) is 11.4 Å². The normalized spacial score (nSPS) is 11.4. The van der Waals surface area contributed by atoms with Gasteiger partial charge in [0.25, 0.3) is 0 Å². The summed E-state index contributed by atoms with van der Waals surface area (Å²) in [4.78, 5) is 14.5. The molecule has 5 heterocycles. The Balaban J connectivity index is 1.38. The van der Waals surface area contributed by atoms with Gasteiger partial charge in [0.15, 0.2) is 0 Å². The Hall–Kier alpha value is -6.21. The Morgan fingerprint density at radius 1 is 0.432 bits per heavy atom. The molecule has 0 aliphatic rings. The van der Waals surface area contributed by atoms with E-state index >= 15 is 0 Å². The number of nitrogens with two attached hydrogens (primary N) is 2. The lowest BCUT2D eigenvalue weighted by Gasteiger charge is -2.15. The van der Waals surface area contributed by atoms with Crippen molar-refractivity contribution in [1.82, 2.24) is 24.1 Å². The van der Waals surface area contributed by atoms with E-state index in [9.17, 15) is 0 Å². The minimum absolute atomic E-state index is 0.520. The number of nitrogens with zero attached hydrogens (tertiary/aromatic N) is 5. The van der Waals surface area contributed by atoms with Gasteiger partial charge in [0.2, 0.25) is 0 Å². The molecule has 0 aliphatic carbocycles. The van der Waals surface area contributed by atoms with Crippen LogP contribution in [-0.4, -0.2) is 24.1 Å². The van der Waals surface area contributed by atoms with Crippen molar-refractivity contribution in [2.75, 3.05) is 11.5 Å². The maximum absolute atomic E-state index is 7.01. The Morgan fingerprint density at radius 2 is 0.955 bits per heavy atom. The monoisotopic (exact) mass is 569 g/mol. The van der Waals surface area contributed by atoms with E-state index in [0.29, 0.717) is 28.4 Å². The van der Waals surface area contributed by atoms with Crippen LogP contribution in [-0.2, 0) is 0 Å². The second-order valence-electron chi connectivity index (χ2n) is 10.6. The number of benzene rings is 3. The van der Waals surface area contributed by atoms with E-state index in [0.717, 1.165) is 50.2 Å². The van der Waals surface area contributed by atoms with Crippen molar-refractivity contribution < 1.29 is 0 Å². The van der Waals surface area contributed by atoms with E-state index < -0.39 is 0 Å². The number of anilines is 2. The fraction of sp³-hybridized carbons (Fsp3) is 0. The number of aromatic nitrogens is 5. The summed E-state index contributed by atoms with van der Waals surface area (Å²) >= 11 is 0. The zero-order chi connectivity index (χ0) is 29.6. The molecule has 7 nitrogen and oxygen atoms in total. The van der Waals surface area contributed by atoms with Crippen molar-refractivity contribution in [2.24, 2.45) is 0 Å². The highest BCUT2D eigenvalue weighted by Gasteiger charge is 2.27. The molecule has 0 atom stereocenters. The lowest BCUT2D eigenvalue weighted by atomic mass is 10.1. The summed E-state index contributed by atoms with van der Waals surface area (Å²) in [5, 5.41) is 0.910. The van der Waals surface area contributed by atoms with Crippen molar-refractivity contribution in [1.29, 1.82) is 0 Å². The van der Waals surface area contributed by atoms with Gasteiger partial charge in [-0.2, -0.15) is 0 Å². The molecular formula is C37H27N7. The number of nitrogen functional groups attached to an aromatic ring is 2. The molecule has 0 saturated carbocycles. The highest BCUT2D eigenvalue weighted by Crippen LogP contribution is 2.44. The van der Waals surface area contributed by atoms with Crippen molar-refractivity contribution in [2.45, 2.75) is 0 Å². The van der Waals surface area contributed by atoms with Crippen LogP contribution in [0.2, 0.25) is 0 Å². The van der Waals surface area contributed by atoms with Gasteiger partial charge < -0.3 is 11.5 Å². The number of para-hydroxylation sites is 1. The van der Waals surface area contributed by atoms with Crippen LogP contribution in [0, 0.1) is 0 Å². The molecular weight excluding hydrogens is 542 g/mol. The standard InChI is InChI=1S/C37H27N7/c38-33-28-14-7-8-15-29(28)43(31-19-17-26(22-41-31)24-10-3-1-4-11-24)36(33)37-34(39)35-30(16-9-21-40-35)44(37)32-20-18-27(23-42-32)25-12-5-2-6-13-25/h1-23H,38-39H2. The average Bonchev–Trinajstić information content (AvgIpc) is 3.55. The number of pyridine rings is 3. The van der Waals surface area contributed by atoms with Crippen LogP contribution < -0.4 is 11.5 Å². The first kappa shape index (κ1) is 25.5. The molecule has 0 fully saturated rings. The lowest BCUT2D eigenvalue weighted by molar-refractivity contribution is 1.00. The summed E-state index contributed by atoms with van der Waals surface area (Å²) in [5.74, 6) is 1.43. The fourth-order valence-electron chi connectivity index (χ4n) is 5.98. The Bertz CT molecular complexity index is 2100. The molecule has 7 heteroatoms. The topological polar surface area (TPSA) is 101 Å². The van der Waals surface area contributed by atoms with E-state index in [4.69, 9.17) is 21.4 Å². The summed E-state index contributed by atoms with van der Waals surface area (Å²) in [7, 11) is 0. The highest BCUT2D eigenvalue weighted by atomic mass is 15.1. The Labute approximate surface area is 253 Å². The van der Waals surface area contributed by atoms with Crippen LogP contribution in [0.3, 0.4) is 0 Å². The first-order valence-corrected chi connectivity index (χ1v) is 14.4. The third-order valence-corrected chi connectivity index (χ3v) is 8.07. The maximum atomic E-state index is 7.01. The van der Waals surface area contributed by atoms with Crippen molar-refractivity contribution in [3.63, 3.8) is 0 Å². The number of hydrogen-bond donors (Lipinski definition) is 2. The molecule has 44 heavy (non-hydrogen) atoms. The molecule has 0 radical (unpaired) electrons. The van der Waals surface area contributed by atoms with Crippen LogP contribution in [0.5, 0.6) is 0 Å². The van der Waals surface area contributed by atoms with Crippen LogP contribution in [0.1, 0.15) is 0 Å². The summed E-state index contributed by atoms with van der Waals surface area (Å²) in [5.41, 5.74) is 23.2. The van der Waals surface area contributed by atoms with Gasteiger partial charge >= 0.3 is 0 Å². The van der Waals surface area contributed by atoms with Crippen molar-refractivity contribution in [3.05, 3.63) is 140 Å². The SMILES string of the molecule is Nc1c(-c2c(N)c3ncccc3n2-c2ccc(-c3ccccc3)cn2)n(-c2ccc(-c3ccccc3)cn2)c2ccccc12. The van der Waals surface area contributed by atoms with Gasteiger partial charge in [-0.3, -0.25) is 14.1 Å². The second-order valence-corrected chi connectivity index (χ2v) is 10.6. The van der Waals surface area contributed by atoms with E-state index in [1.165, 1.54) is 0 Å². The number of hydrogen-bond acceptors (Lipinski definition) is 5. The van der Waals surface area contributed by atoms with E-state index in [-0.39, 0.29) is 0 Å². The first-order chi connectivity index (χ1) is 21.7. The molecule has 0 aliphatic heterocycles. The first-order valence-electron chi connectivity index (χ1n) is 14.4. The van der Waals surface area contributed by atoms with Gasteiger partial charge in [-0.25, -0.2) is 9.97 Å². The molecule has 8 rings (SSSR count).